The number of aromatic nitrogens is 4. The smallest absolute Gasteiger partial charge is 0.338 e. The van der Waals surface area contributed by atoms with E-state index in [1.54, 1.807) is 25.3 Å². The molecule has 3 heterocycles. The van der Waals surface area contributed by atoms with Crippen molar-refractivity contribution in [3.05, 3.63) is 71.6 Å². The first-order valence-corrected chi connectivity index (χ1v) is 8.92. The number of hydrogen-bond acceptors (Lipinski definition) is 5. The number of aromatic amines is 1. The molecule has 3 N–H and O–H groups in total. The van der Waals surface area contributed by atoms with Crippen LogP contribution in [0.15, 0.2) is 48.9 Å². The van der Waals surface area contributed by atoms with Crippen molar-refractivity contribution >= 4 is 34.0 Å². The lowest BCUT2D eigenvalue weighted by molar-refractivity contribution is -0.141. The highest BCUT2D eigenvalue weighted by molar-refractivity contribution is 6.05. The Kier molecular flexibility index (Phi) is 5.01. The first kappa shape index (κ1) is 20.3. The summed E-state index contributed by atoms with van der Waals surface area (Å²) in [6.45, 7) is 1.78. The minimum absolute atomic E-state index is 0.149. The van der Waals surface area contributed by atoms with E-state index in [0.29, 0.717) is 11.1 Å². The van der Waals surface area contributed by atoms with Crippen molar-refractivity contribution in [1.29, 1.82) is 0 Å². The van der Waals surface area contributed by atoms with Crippen LogP contribution >= 0.6 is 0 Å². The van der Waals surface area contributed by atoms with Crippen LogP contribution in [0.5, 0.6) is 0 Å². The molecular weight excluding hydrogens is 416 g/mol. The van der Waals surface area contributed by atoms with Gasteiger partial charge in [-0.05, 0) is 36.8 Å². The Hall–Kier alpha value is -4.02. The van der Waals surface area contributed by atoms with Gasteiger partial charge < -0.3 is 10.6 Å². The van der Waals surface area contributed by atoms with Gasteiger partial charge in [0.05, 0.1) is 11.7 Å². The standard InChI is InChI=1S/C20H14F4N6O/c1-10-6-13(7-12-9-26-30-16(10)12)27-18-17(14(21)8-15(28-18)20(22,23)24)29-19(31)11-2-4-25-5-3-11/h2-9H,1H3,(H,26,30)(H,27,28)(H,29,31). The van der Waals surface area contributed by atoms with Crippen molar-refractivity contribution in [1.82, 2.24) is 20.2 Å². The lowest BCUT2D eigenvalue weighted by Gasteiger charge is -2.16. The molecule has 0 bridgehead atoms. The third-order valence-corrected chi connectivity index (χ3v) is 4.45. The Morgan fingerprint density at radius 2 is 1.87 bits per heavy atom. The Morgan fingerprint density at radius 1 is 1.13 bits per heavy atom. The van der Waals surface area contributed by atoms with E-state index in [9.17, 15) is 22.4 Å². The summed E-state index contributed by atoms with van der Waals surface area (Å²) in [6.07, 6.45) is -0.619. The molecule has 0 unspecified atom stereocenters. The van der Waals surface area contributed by atoms with Crippen LogP contribution in [0.1, 0.15) is 21.6 Å². The number of anilines is 3. The molecule has 0 aliphatic carbocycles. The number of H-pyrrole nitrogens is 1. The monoisotopic (exact) mass is 430 g/mol. The summed E-state index contributed by atoms with van der Waals surface area (Å²) in [5.41, 5.74) is 0.0514. The van der Waals surface area contributed by atoms with E-state index < -0.39 is 35.1 Å². The largest absolute Gasteiger partial charge is 0.433 e. The van der Waals surface area contributed by atoms with Gasteiger partial charge in [-0.3, -0.25) is 14.9 Å². The van der Waals surface area contributed by atoms with E-state index in [4.69, 9.17) is 0 Å². The third-order valence-electron chi connectivity index (χ3n) is 4.45. The molecule has 0 fully saturated rings. The van der Waals surface area contributed by atoms with Gasteiger partial charge in [-0.2, -0.15) is 18.3 Å². The first-order chi connectivity index (χ1) is 14.7. The number of rotatable bonds is 4. The Bertz CT molecular complexity index is 1270. The number of benzene rings is 1. The molecule has 0 saturated heterocycles. The topological polar surface area (TPSA) is 95.6 Å². The highest BCUT2D eigenvalue weighted by atomic mass is 19.4. The zero-order valence-corrected chi connectivity index (χ0v) is 15.9. The number of nitrogens with zero attached hydrogens (tertiary/aromatic N) is 3. The predicted molar refractivity (Wildman–Crippen MR) is 106 cm³/mol. The van der Waals surface area contributed by atoms with Crippen molar-refractivity contribution in [2.24, 2.45) is 0 Å². The Morgan fingerprint density at radius 3 is 2.58 bits per heavy atom. The van der Waals surface area contributed by atoms with Gasteiger partial charge in [-0.25, -0.2) is 9.37 Å². The lowest BCUT2D eigenvalue weighted by atomic mass is 10.1. The number of halogens is 4. The fraction of sp³-hybridized carbons (Fsp3) is 0.100. The van der Waals surface area contributed by atoms with Crippen LogP contribution in [0.2, 0.25) is 0 Å². The highest BCUT2D eigenvalue weighted by Gasteiger charge is 2.35. The first-order valence-electron chi connectivity index (χ1n) is 8.92. The molecule has 0 aliphatic heterocycles. The summed E-state index contributed by atoms with van der Waals surface area (Å²) in [5, 5.41) is 12.4. The SMILES string of the molecule is Cc1cc(Nc2nc(C(F)(F)F)cc(F)c2NC(=O)c2ccncc2)cc2cn[nH]c12. The molecule has 0 atom stereocenters. The van der Waals surface area contributed by atoms with Crippen LogP contribution in [-0.4, -0.2) is 26.1 Å². The summed E-state index contributed by atoms with van der Waals surface area (Å²) in [7, 11) is 0. The van der Waals surface area contributed by atoms with Crippen molar-refractivity contribution in [2.45, 2.75) is 13.1 Å². The fourth-order valence-electron chi connectivity index (χ4n) is 3.00. The van der Waals surface area contributed by atoms with Crippen LogP contribution in [0.3, 0.4) is 0 Å². The maximum absolute atomic E-state index is 14.7. The average molecular weight is 430 g/mol. The molecule has 4 rings (SSSR count). The average Bonchev–Trinajstić information content (AvgIpc) is 3.19. The highest BCUT2D eigenvalue weighted by Crippen LogP contribution is 2.35. The predicted octanol–water partition coefficient (Wildman–Crippen LogP) is 4.82. The molecule has 31 heavy (non-hydrogen) atoms. The number of carbonyl (C=O) groups excluding carboxylic acids is 1. The van der Waals surface area contributed by atoms with Crippen LogP contribution < -0.4 is 10.6 Å². The summed E-state index contributed by atoms with van der Waals surface area (Å²) >= 11 is 0. The van der Waals surface area contributed by atoms with Crippen LogP contribution in [-0.2, 0) is 6.18 Å². The second-order valence-corrected chi connectivity index (χ2v) is 6.65. The number of fused-ring (bicyclic) bond motifs is 1. The summed E-state index contributed by atoms with van der Waals surface area (Å²) < 4.78 is 54.3. The van der Waals surface area contributed by atoms with E-state index in [0.717, 1.165) is 11.1 Å². The molecule has 1 aromatic carbocycles. The van der Waals surface area contributed by atoms with Gasteiger partial charge in [0.25, 0.3) is 5.91 Å². The van der Waals surface area contributed by atoms with E-state index in [-0.39, 0.29) is 11.6 Å². The number of nitrogens with one attached hydrogen (secondary N) is 3. The van der Waals surface area contributed by atoms with E-state index in [1.807, 2.05) is 0 Å². The molecule has 3 aromatic heterocycles. The Balaban J connectivity index is 1.77. The van der Waals surface area contributed by atoms with Crippen molar-refractivity contribution in [3.63, 3.8) is 0 Å². The molecule has 158 valence electrons. The number of amides is 1. The molecule has 11 heteroatoms. The Labute approximate surface area is 172 Å². The van der Waals surface area contributed by atoms with Gasteiger partial charge >= 0.3 is 6.18 Å². The number of pyridine rings is 2. The van der Waals surface area contributed by atoms with Crippen molar-refractivity contribution < 1.29 is 22.4 Å². The molecular formula is C20H14F4N6O. The minimum atomic E-state index is -4.88. The summed E-state index contributed by atoms with van der Waals surface area (Å²) in [6, 6.07) is 6.24. The third kappa shape index (κ3) is 4.15. The zero-order valence-electron chi connectivity index (χ0n) is 15.9. The molecule has 0 radical (unpaired) electrons. The number of alkyl halides is 3. The molecule has 0 spiro atoms. The van der Waals surface area contributed by atoms with Crippen LogP contribution in [0.4, 0.5) is 34.8 Å². The zero-order chi connectivity index (χ0) is 22.2. The molecule has 0 saturated carbocycles. The number of aryl methyl sites for hydroxylation is 1. The van der Waals surface area contributed by atoms with E-state index >= 15 is 0 Å². The van der Waals surface area contributed by atoms with Crippen LogP contribution in [0, 0.1) is 12.7 Å². The molecule has 0 aliphatic rings. The minimum Gasteiger partial charge on any atom is -0.338 e. The van der Waals surface area contributed by atoms with Crippen LogP contribution in [0.25, 0.3) is 10.9 Å². The maximum atomic E-state index is 14.7. The van der Waals surface area contributed by atoms with Gasteiger partial charge in [0, 0.05) is 35.1 Å². The van der Waals surface area contributed by atoms with Gasteiger partial charge in [0.2, 0.25) is 0 Å². The second kappa shape index (κ2) is 7.67. The second-order valence-electron chi connectivity index (χ2n) is 6.65. The molecule has 4 aromatic rings. The summed E-state index contributed by atoms with van der Waals surface area (Å²) in [5.74, 6) is -2.50. The number of hydrogen-bond donors (Lipinski definition) is 3. The van der Waals surface area contributed by atoms with Gasteiger partial charge in [0.15, 0.2) is 11.6 Å². The quantitative estimate of drug-likeness (QED) is 0.404. The van der Waals surface area contributed by atoms with Gasteiger partial charge in [0.1, 0.15) is 11.4 Å². The van der Waals surface area contributed by atoms with Crippen molar-refractivity contribution in [3.8, 4) is 0 Å². The van der Waals surface area contributed by atoms with Gasteiger partial charge in [-0.1, -0.05) is 0 Å². The lowest BCUT2D eigenvalue weighted by Crippen LogP contribution is -2.17. The normalized spacial score (nSPS) is 11.5. The van der Waals surface area contributed by atoms with E-state index in [1.165, 1.54) is 24.5 Å². The maximum Gasteiger partial charge on any atom is 0.433 e. The fourth-order valence-corrected chi connectivity index (χ4v) is 3.00. The summed E-state index contributed by atoms with van der Waals surface area (Å²) in [4.78, 5) is 19.8. The van der Waals surface area contributed by atoms with Gasteiger partial charge in [-0.15, -0.1) is 0 Å². The molecule has 7 nitrogen and oxygen atoms in total. The van der Waals surface area contributed by atoms with E-state index in [2.05, 4.69) is 30.8 Å². The molecule has 1 amide bonds. The number of carbonyl (C=O) groups is 1. The van der Waals surface area contributed by atoms with Crippen molar-refractivity contribution in [2.75, 3.05) is 10.6 Å².